The Morgan fingerprint density at radius 1 is 0.609 bits per heavy atom. The molecule has 0 bridgehead atoms. The van der Waals surface area contributed by atoms with Gasteiger partial charge in [-0.05, 0) is 12.8 Å². The highest BCUT2D eigenvalue weighted by Crippen LogP contribution is 2.08. The third kappa shape index (κ3) is 16.9. The third-order valence-corrected chi connectivity index (χ3v) is 3.59. The van der Waals surface area contributed by atoms with E-state index >= 15 is 0 Å². The van der Waals surface area contributed by atoms with Crippen LogP contribution in [0.2, 0.25) is 0 Å². The second-order valence-corrected chi connectivity index (χ2v) is 5.85. The molecule has 0 unspecified atom stereocenters. The molecule has 0 heterocycles. The standard InChI is InChI=1S/C19H34O4/c1-3-5-7-8-9-10-11-13-17-23-19(21)15-14-18(20)22-16-12-6-4-2/h14-15H,3-13,16-17H2,1-2H3/b15-14-. The van der Waals surface area contributed by atoms with Gasteiger partial charge in [0.25, 0.3) is 0 Å². The lowest BCUT2D eigenvalue weighted by molar-refractivity contribution is -0.140. The molecule has 0 spiro atoms. The Balaban J connectivity index is 3.45. The molecule has 0 aliphatic carbocycles. The fraction of sp³-hybridized carbons (Fsp3) is 0.789. The SMILES string of the molecule is CCCCCCCCCCOC(=O)/C=C\C(=O)OCCCCC. The molecule has 0 aromatic heterocycles. The molecule has 0 N–H and O–H groups in total. The largest absolute Gasteiger partial charge is 0.463 e. The van der Waals surface area contributed by atoms with Crippen molar-refractivity contribution < 1.29 is 19.1 Å². The first-order valence-electron chi connectivity index (χ1n) is 9.22. The lowest BCUT2D eigenvalue weighted by atomic mass is 10.1. The van der Waals surface area contributed by atoms with Crippen LogP contribution in [-0.4, -0.2) is 25.2 Å². The van der Waals surface area contributed by atoms with Crippen LogP contribution >= 0.6 is 0 Å². The molecule has 4 nitrogen and oxygen atoms in total. The monoisotopic (exact) mass is 326 g/mol. The minimum atomic E-state index is -0.481. The average molecular weight is 326 g/mol. The lowest BCUT2D eigenvalue weighted by Gasteiger charge is -2.03. The van der Waals surface area contributed by atoms with Gasteiger partial charge in [-0.1, -0.05) is 71.6 Å². The van der Waals surface area contributed by atoms with Crippen LogP contribution in [-0.2, 0) is 19.1 Å². The van der Waals surface area contributed by atoms with E-state index in [0.717, 1.165) is 44.3 Å². The molecule has 0 aromatic carbocycles. The van der Waals surface area contributed by atoms with Crippen LogP contribution in [0.5, 0.6) is 0 Å². The molecule has 0 aromatic rings. The fourth-order valence-electron chi connectivity index (χ4n) is 2.17. The van der Waals surface area contributed by atoms with E-state index in [9.17, 15) is 9.59 Å². The zero-order valence-corrected chi connectivity index (χ0v) is 15.0. The van der Waals surface area contributed by atoms with Gasteiger partial charge in [-0.15, -0.1) is 0 Å². The number of carbonyl (C=O) groups is 2. The Morgan fingerprint density at radius 3 is 1.43 bits per heavy atom. The van der Waals surface area contributed by atoms with Crippen molar-refractivity contribution in [2.75, 3.05) is 13.2 Å². The topological polar surface area (TPSA) is 52.6 Å². The van der Waals surface area contributed by atoms with Crippen molar-refractivity contribution in [3.8, 4) is 0 Å². The van der Waals surface area contributed by atoms with Gasteiger partial charge >= 0.3 is 11.9 Å². The van der Waals surface area contributed by atoms with Gasteiger partial charge in [0.05, 0.1) is 13.2 Å². The molecular formula is C19H34O4. The Kier molecular flexibility index (Phi) is 16.1. The van der Waals surface area contributed by atoms with E-state index in [1.165, 1.54) is 38.5 Å². The Labute approximate surface area is 141 Å². The molecule has 0 saturated heterocycles. The molecule has 0 saturated carbocycles. The normalized spacial score (nSPS) is 10.9. The van der Waals surface area contributed by atoms with Gasteiger partial charge in [0, 0.05) is 12.2 Å². The van der Waals surface area contributed by atoms with Crippen LogP contribution in [0.3, 0.4) is 0 Å². The van der Waals surface area contributed by atoms with Crippen molar-refractivity contribution >= 4 is 11.9 Å². The Bertz CT molecular complexity index is 323. The number of esters is 2. The summed E-state index contributed by atoms with van der Waals surface area (Å²) in [6, 6.07) is 0. The summed E-state index contributed by atoms with van der Waals surface area (Å²) in [5, 5.41) is 0. The highest BCUT2D eigenvalue weighted by atomic mass is 16.5. The summed E-state index contributed by atoms with van der Waals surface area (Å²) in [5.74, 6) is -0.955. The van der Waals surface area contributed by atoms with E-state index in [-0.39, 0.29) is 0 Å². The van der Waals surface area contributed by atoms with Crippen LogP contribution in [0.15, 0.2) is 12.2 Å². The van der Waals surface area contributed by atoms with Gasteiger partial charge in [-0.2, -0.15) is 0 Å². The summed E-state index contributed by atoms with van der Waals surface area (Å²) in [6.45, 7) is 5.13. The zero-order chi connectivity index (χ0) is 17.2. The summed E-state index contributed by atoms with van der Waals surface area (Å²) in [5.41, 5.74) is 0. The second-order valence-electron chi connectivity index (χ2n) is 5.85. The number of ether oxygens (including phenoxy) is 2. The van der Waals surface area contributed by atoms with Gasteiger partial charge in [0.15, 0.2) is 0 Å². The summed E-state index contributed by atoms with van der Waals surface area (Å²) in [4.78, 5) is 22.7. The van der Waals surface area contributed by atoms with Crippen molar-refractivity contribution in [1.82, 2.24) is 0 Å². The van der Waals surface area contributed by atoms with Gasteiger partial charge < -0.3 is 9.47 Å². The van der Waals surface area contributed by atoms with E-state index in [1.54, 1.807) is 0 Å². The molecule has 0 amide bonds. The van der Waals surface area contributed by atoms with Crippen LogP contribution in [0.25, 0.3) is 0 Å². The minimum Gasteiger partial charge on any atom is -0.463 e. The highest BCUT2D eigenvalue weighted by Gasteiger charge is 2.01. The molecule has 0 fully saturated rings. The maximum absolute atomic E-state index is 11.4. The minimum absolute atomic E-state index is 0.407. The van der Waals surface area contributed by atoms with Crippen molar-refractivity contribution in [2.45, 2.75) is 84.5 Å². The number of carbonyl (C=O) groups excluding carboxylic acids is 2. The molecule has 0 aliphatic rings. The van der Waals surface area contributed by atoms with Gasteiger partial charge in [0.2, 0.25) is 0 Å². The molecule has 134 valence electrons. The number of unbranched alkanes of at least 4 members (excludes halogenated alkanes) is 9. The second kappa shape index (κ2) is 17.0. The first-order valence-corrected chi connectivity index (χ1v) is 9.22. The lowest BCUT2D eigenvalue weighted by Crippen LogP contribution is -2.06. The van der Waals surface area contributed by atoms with Gasteiger partial charge in [0.1, 0.15) is 0 Å². The molecule has 23 heavy (non-hydrogen) atoms. The maximum atomic E-state index is 11.4. The van der Waals surface area contributed by atoms with Crippen LogP contribution in [0, 0.1) is 0 Å². The Morgan fingerprint density at radius 2 is 0.957 bits per heavy atom. The maximum Gasteiger partial charge on any atom is 0.331 e. The summed E-state index contributed by atoms with van der Waals surface area (Å²) in [7, 11) is 0. The van der Waals surface area contributed by atoms with Crippen molar-refractivity contribution in [3.63, 3.8) is 0 Å². The van der Waals surface area contributed by atoms with Crippen LogP contribution in [0.4, 0.5) is 0 Å². The molecule has 0 atom stereocenters. The molecular weight excluding hydrogens is 292 g/mol. The summed E-state index contributed by atoms with van der Waals surface area (Å²) < 4.78 is 10.0. The summed E-state index contributed by atoms with van der Waals surface area (Å²) >= 11 is 0. The number of rotatable bonds is 15. The van der Waals surface area contributed by atoms with E-state index in [4.69, 9.17) is 9.47 Å². The average Bonchev–Trinajstić information content (AvgIpc) is 2.55. The first-order chi connectivity index (χ1) is 11.2. The van der Waals surface area contributed by atoms with Crippen molar-refractivity contribution in [2.24, 2.45) is 0 Å². The van der Waals surface area contributed by atoms with Crippen molar-refractivity contribution in [3.05, 3.63) is 12.2 Å². The predicted molar refractivity (Wildman–Crippen MR) is 93.2 cm³/mol. The quantitative estimate of drug-likeness (QED) is 0.242. The molecule has 0 radical (unpaired) electrons. The molecule has 0 rings (SSSR count). The third-order valence-electron chi connectivity index (χ3n) is 3.59. The van der Waals surface area contributed by atoms with E-state index in [1.807, 2.05) is 0 Å². The van der Waals surface area contributed by atoms with Crippen molar-refractivity contribution in [1.29, 1.82) is 0 Å². The Hall–Kier alpha value is -1.32. The van der Waals surface area contributed by atoms with E-state index in [2.05, 4.69) is 13.8 Å². The van der Waals surface area contributed by atoms with E-state index < -0.39 is 11.9 Å². The van der Waals surface area contributed by atoms with E-state index in [0.29, 0.717) is 13.2 Å². The predicted octanol–water partition coefficient (Wildman–Crippen LogP) is 4.96. The first kappa shape index (κ1) is 21.7. The molecule has 0 aliphatic heterocycles. The van der Waals surface area contributed by atoms with Crippen LogP contribution < -0.4 is 0 Å². The van der Waals surface area contributed by atoms with Gasteiger partial charge in [-0.3, -0.25) is 0 Å². The fourth-order valence-corrected chi connectivity index (χ4v) is 2.17. The van der Waals surface area contributed by atoms with Gasteiger partial charge in [-0.25, -0.2) is 9.59 Å². The van der Waals surface area contributed by atoms with Crippen LogP contribution in [0.1, 0.15) is 84.5 Å². The number of hydrogen-bond acceptors (Lipinski definition) is 4. The highest BCUT2D eigenvalue weighted by molar-refractivity contribution is 5.91. The zero-order valence-electron chi connectivity index (χ0n) is 15.0. The molecule has 4 heteroatoms. The summed E-state index contributed by atoms with van der Waals surface area (Å²) in [6.07, 6.45) is 14.9. The smallest absolute Gasteiger partial charge is 0.331 e. The number of hydrogen-bond donors (Lipinski definition) is 0.